The summed E-state index contributed by atoms with van der Waals surface area (Å²) >= 11 is 3.38. The molecule has 0 spiro atoms. The van der Waals surface area contributed by atoms with E-state index in [1.54, 1.807) is 0 Å². The summed E-state index contributed by atoms with van der Waals surface area (Å²) in [7, 11) is 0. The van der Waals surface area contributed by atoms with Crippen LogP contribution in [0.4, 0.5) is 0 Å². The molecule has 1 aromatic heterocycles. The molecule has 2 nitrogen and oxygen atoms in total. The van der Waals surface area contributed by atoms with Crippen LogP contribution >= 0.6 is 15.9 Å². The standard InChI is InChI=1S/C13H20BrNO/c1-2-9-15-13(10-5-3-4-6-10)11-7-8-12(14)16-11/h7-8,10,13,15H,2-6,9H2,1H3. The maximum absolute atomic E-state index is 5.71. The van der Waals surface area contributed by atoms with E-state index < -0.39 is 0 Å². The first kappa shape index (κ1) is 12.2. The maximum Gasteiger partial charge on any atom is 0.169 e. The summed E-state index contributed by atoms with van der Waals surface area (Å²) in [6.45, 7) is 3.27. The van der Waals surface area contributed by atoms with Crippen LogP contribution in [0, 0.1) is 5.92 Å². The summed E-state index contributed by atoms with van der Waals surface area (Å²) in [5.41, 5.74) is 0. The third-order valence-corrected chi connectivity index (χ3v) is 3.81. The summed E-state index contributed by atoms with van der Waals surface area (Å²) in [5.74, 6) is 1.84. The molecule has 1 fully saturated rings. The Kier molecular flexibility index (Phi) is 4.47. The number of halogens is 1. The molecule has 2 rings (SSSR count). The molecule has 1 aromatic rings. The van der Waals surface area contributed by atoms with Crippen molar-refractivity contribution in [2.24, 2.45) is 5.92 Å². The van der Waals surface area contributed by atoms with Crippen LogP contribution in [0.15, 0.2) is 21.2 Å². The lowest BCUT2D eigenvalue weighted by molar-refractivity contribution is 0.309. The molecule has 1 aliphatic rings. The molecule has 1 atom stereocenters. The molecule has 0 aliphatic heterocycles. The number of furan rings is 1. The molecule has 90 valence electrons. The maximum atomic E-state index is 5.71. The Morgan fingerprint density at radius 3 is 2.75 bits per heavy atom. The minimum absolute atomic E-state index is 0.411. The number of hydrogen-bond donors (Lipinski definition) is 1. The van der Waals surface area contributed by atoms with Gasteiger partial charge in [0.1, 0.15) is 5.76 Å². The van der Waals surface area contributed by atoms with Crippen molar-refractivity contribution in [1.29, 1.82) is 0 Å². The highest BCUT2D eigenvalue weighted by Crippen LogP contribution is 2.36. The third-order valence-electron chi connectivity index (χ3n) is 3.39. The summed E-state index contributed by atoms with van der Waals surface area (Å²) in [6.07, 6.45) is 6.58. The van der Waals surface area contributed by atoms with E-state index in [2.05, 4.69) is 34.2 Å². The van der Waals surface area contributed by atoms with Gasteiger partial charge < -0.3 is 9.73 Å². The first-order valence-corrected chi connectivity index (χ1v) is 7.09. The molecule has 0 aromatic carbocycles. The highest BCUT2D eigenvalue weighted by Gasteiger charge is 2.27. The zero-order chi connectivity index (χ0) is 11.4. The second-order valence-corrected chi connectivity index (χ2v) is 5.40. The molecule has 1 N–H and O–H groups in total. The van der Waals surface area contributed by atoms with Crippen molar-refractivity contribution in [2.45, 2.75) is 45.1 Å². The Morgan fingerprint density at radius 2 is 2.19 bits per heavy atom. The fourth-order valence-corrected chi connectivity index (χ4v) is 2.90. The zero-order valence-corrected chi connectivity index (χ0v) is 11.4. The van der Waals surface area contributed by atoms with Crippen LogP contribution in [-0.2, 0) is 0 Å². The predicted molar refractivity (Wildman–Crippen MR) is 69.4 cm³/mol. The van der Waals surface area contributed by atoms with E-state index in [1.807, 2.05) is 6.07 Å². The van der Waals surface area contributed by atoms with Gasteiger partial charge in [-0.15, -0.1) is 0 Å². The normalized spacial score (nSPS) is 19.1. The first-order chi connectivity index (χ1) is 7.81. The van der Waals surface area contributed by atoms with E-state index >= 15 is 0 Å². The van der Waals surface area contributed by atoms with Gasteiger partial charge in [-0.1, -0.05) is 19.8 Å². The molecular formula is C13H20BrNO. The van der Waals surface area contributed by atoms with Crippen LogP contribution in [0.25, 0.3) is 0 Å². The van der Waals surface area contributed by atoms with Crippen LogP contribution < -0.4 is 5.32 Å². The van der Waals surface area contributed by atoms with Gasteiger partial charge in [-0.2, -0.15) is 0 Å². The molecule has 1 heterocycles. The van der Waals surface area contributed by atoms with Gasteiger partial charge in [0.15, 0.2) is 4.67 Å². The SMILES string of the molecule is CCCNC(c1ccc(Br)o1)C1CCCC1. The lowest BCUT2D eigenvalue weighted by Crippen LogP contribution is -2.27. The molecule has 3 heteroatoms. The Labute approximate surface area is 106 Å². The fraction of sp³-hybridized carbons (Fsp3) is 0.692. The Balaban J connectivity index is 2.06. The lowest BCUT2D eigenvalue weighted by atomic mass is 9.96. The monoisotopic (exact) mass is 285 g/mol. The van der Waals surface area contributed by atoms with Crippen molar-refractivity contribution in [3.8, 4) is 0 Å². The van der Waals surface area contributed by atoms with E-state index in [0.29, 0.717) is 6.04 Å². The van der Waals surface area contributed by atoms with Gasteiger partial charge in [-0.05, 0) is 59.8 Å². The van der Waals surface area contributed by atoms with Crippen LogP contribution in [-0.4, -0.2) is 6.54 Å². The summed E-state index contributed by atoms with van der Waals surface area (Å²) in [6, 6.07) is 4.49. The van der Waals surface area contributed by atoms with Gasteiger partial charge in [-0.25, -0.2) is 0 Å². The number of nitrogens with one attached hydrogen (secondary N) is 1. The van der Waals surface area contributed by atoms with Crippen molar-refractivity contribution < 1.29 is 4.42 Å². The zero-order valence-electron chi connectivity index (χ0n) is 9.84. The summed E-state index contributed by atoms with van der Waals surface area (Å²) in [4.78, 5) is 0. The van der Waals surface area contributed by atoms with E-state index in [9.17, 15) is 0 Å². The molecule has 1 aliphatic carbocycles. The molecule has 0 bridgehead atoms. The fourth-order valence-electron chi connectivity index (χ4n) is 2.59. The van der Waals surface area contributed by atoms with Crippen molar-refractivity contribution in [2.75, 3.05) is 6.54 Å². The highest BCUT2D eigenvalue weighted by atomic mass is 79.9. The summed E-state index contributed by atoms with van der Waals surface area (Å²) < 4.78 is 6.55. The van der Waals surface area contributed by atoms with Crippen LogP contribution in [0.5, 0.6) is 0 Å². The van der Waals surface area contributed by atoms with Crippen LogP contribution in [0.1, 0.15) is 50.8 Å². The molecule has 0 saturated heterocycles. The van der Waals surface area contributed by atoms with Crippen LogP contribution in [0.2, 0.25) is 0 Å². The van der Waals surface area contributed by atoms with E-state index in [4.69, 9.17) is 4.42 Å². The Bertz CT molecular complexity index is 317. The first-order valence-electron chi connectivity index (χ1n) is 6.30. The predicted octanol–water partition coefficient (Wildman–Crippen LogP) is 4.27. The van der Waals surface area contributed by atoms with Crippen molar-refractivity contribution in [1.82, 2.24) is 5.32 Å². The lowest BCUT2D eigenvalue weighted by Gasteiger charge is -2.22. The second kappa shape index (κ2) is 5.87. The van der Waals surface area contributed by atoms with Crippen LogP contribution in [0.3, 0.4) is 0 Å². The number of rotatable bonds is 5. The summed E-state index contributed by atoms with van der Waals surface area (Å²) in [5, 5.41) is 3.63. The average Bonchev–Trinajstić information content (AvgIpc) is 2.91. The topological polar surface area (TPSA) is 25.2 Å². The van der Waals surface area contributed by atoms with Gasteiger partial charge in [-0.3, -0.25) is 0 Å². The molecule has 1 saturated carbocycles. The van der Waals surface area contributed by atoms with Crippen molar-refractivity contribution >= 4 is 15.9 Å². The smallest absolute Gasteiger partial charge is 0.169 e. The van der Waals surface area contributed by atoms with Crippen molar-refractivity contribution in [3.63, 3.8) is 0 Å². The van der Waals surface area contributed by atoms with E-state index in [-0.39, 0.29) is 0 Å². The Hall–Kier alpha value is -0.280. The van der Waals surface area contributed by atoms with Gasteiger partial charge in [0, 0.05) is 0 Å². The minimum Gasteiger partial charge on any atom is -0.453 e. The largest absolute Gasteiger partial charge is 0.453 e. The quantitative estimate of drug-likeness (QED) is 0.874. The van der Waals surface area contributed by atoms with Gasteiger partial charge in [0.25, 0.3) is 0 Å². The molecule has 1 unspecified atom stereocenters. The average molecular weight is 286 g/mol. The Morgan fingerprint density at radius 1 is 1.44 bits per heavy atom. The second-order valence-electron chi connectivity index (χ2n) is 4.62. The van der Waals surface area contributed by atoms with Crippen molar-refractivity contribution in [3.05, 3.63) is 22.6 Å². The van der Waals surface area contributed by atoms with Gasteiger partial charge in [0.05, 0.1) is 6.04 Å². The molecular weight excluding hydrogens is 266 g/mol. The molecule has 16 heavy (non-hydrogen) atoms. The molecule has 0 amide bonds. The minimum atomic E-state index is 0.411. The number of hydrogen-bond acceptors (Lipinski definition) is 2. The molecule has 0 radical (unpaired) electrons. The van der Waals surface area contributed by atoms with E-state index in [1.165, 1.54) is 32.1 Å². The third kappa shape index (κ3) is 2.89. The highest BCUT2D eigenvalue weighted by molar-refractivity contribution is 9.10. The van der Waals surface area contributed by atoms with E-state index in [0.717, 1.165) is 22.9 Å². The van der Waals surface area contributed by atoms with Gasteiger partial charge >= 0.3 is 0 Å². The van der Waals surface area contributed by atoms with Gasteiger partial charge in [0.2, 0.25) is 0 Å².